The predicted octanol–water partition coefficient (Wildman–Crippen LogP) is 3.38. The highest BCUT2D eigenvalue weighted by Gasteiger charge is 2.27. The molecule has 1 aromatic heterocycles. The van der Waals surface area contributed by atoms with Crippen molar-refractivity contribution in [2.24, 2.45) is 11.7 Å². The van der Waals surface area contributed by atoms with Crippen molar-refractivity contribution < 1.29 is 0 Å². The minimum atomic E-state index is 0.273. The van der Waals surface area contributed by atoms with Crippen LogP contribution in [0.25, 0.3) is 11.3 Å². The molecular formula is C22H26N4. The van der Waals surface area contributed by atoms with E-state index in [4.69, 9.17) is 10.8 Å². The monoisotopic (exact) mass is 346 g/mol. The molecule has 26 heavy (non-hydrogen) atoms. The van der Waals surface area contributed by atoms with E-state index >= 15 is 0 Å². The van der Waals surface area contributed by atoms with Gasteiger partial charge in [0.25, 0.3) is 0 Å². The maximum absolute atomic E-state index is 6.22. The van der Waals surface area contributed by atoms with Crippen molar-refractivity contribution in [1.29, 1.82) is 0 Å². The number of nitrogens with two attached hydrogens (primary N) is 1. The Balaban J connectivity index is 1.62. The Morgan fingerprint density at radius 1 is 0.962 bits per heavy atom. The molecule has 0 saturated carbocycles. The molecule has 2 unspecified atom stereocenters. The molecule has 2 heterocycles. The second-order valence-electron chi connectivity index (χ2n) is 7.39. The summed E-state index contributed by atoms with van der Waals surface area (Å²) < 4.78 is 2.06. The summed E-state index contributed by atoms with van der Waals surface area (Å²) in [5, 5.41) is 4.91. The van der Waals surface area contributed by atoms with Crippen molar-refractivity contribution in [3.63, 3.8) is 0 Å². The third-order valence-electron chi connectivity index (χ3n) is 5.21. The Labute approximate surface area is 155 Å². The van der Waals surface area contributed by atoms with E-state index in [2.05, 4.69) is 71.2 Å². The Bertz CT molecular complexity index is 831. The minimum Gasteiger partial charge on any atom is -0.326 e. The third kappa shape index (κ3) is 3.71. The van der Waals surface area contributed by atoms with Crippen LogP contribution in [-0.2, 0) is 13.1 Å². The zero-order chi connectivity index (χ0) is 17.9. The SMILES string of the molecule is CC1CN(Cc2cn(Cc3ccccc3)nc2-c2ccccc2)CC1N. The van der Waals surface area contributed by atoms with Crippen LogP contribution in [0.15, 0.2) is 66.9 Å². The van der Waals surface area contributed by atoms with Crippen molar-refractivity contribution in [1.82, 2.24) is 14.7 Å². The van der Waals surface area contributed by atoms with E-state index in [9.17, 15) is 0 Å². The van der Waals surface area contributed by atoms with Gasteiger partial charge in [0.05, 0.1) is 12.2 Å². The number of hydrogen-bond acceptors (Lipinski definition) is 3. The fraction of sp³-hybridized carbons (Fsp3) is 0.318. The van der Waals surface area contributed by atoms with Gasteiger partial charge in [0.15, 0.2) is 0 Å². The van der Waals surface area contributed by atoms with Crippen LogP contribution in [-0.4, -0.2) is 33.8 Å². The van der Waals surface area contributed by atoms with Gasteiger partial charge in [-0.1, -0.05) is 67.6 Å². The zero-order valence-electron chi connectivity index (χ0n) is 15.3. The lowest BCUT2D eigenvalue weighted by Crippen LogP contribution is -2.28. The van der Waals surface area contributed by atoms with Crippen LogP contribution < -0.4 is 5.73 Å². The summed E-state index contributed by atoms with van der Waals surface area (Å²) in [6, 6.07) is 21.2. The molecule has 0 aliphatic carbocycles. The van der Waals surface area contributed by atoms with E-state index in [0.29, 0.717) is 5.92 Å². The Morgan fingerprint density at radius 2 is 1.65 bits per heavy atom. The lowest BCUT2D eigenvalue weighted by atomic mass is 10.1. The lowest BCUT2D eigenvalue weighted by Gasteiger charge is -2.15. The van der Waals surface area contributed by atoms with Crippen molar-refractivity contribution in [2.75, 3.05) is 13.1 Å². The van der Waals surface area contributed by atoms with Crippen molar-refractivity contribution in [3.05, 3.63) is 78.0 Å². The summed E-state index contributed by atoms with van der Waals surface area (Å²) in [6.45, 7) is 5.94. The van der Waals surface area contributed by atoms with Gasteiger partial charge < -0.3 is 5.73 Å². The highest BCUT2D eigenvalue weighted by molar-refractivity contribution is 5.62. The minimum absolute atomic E-state index is 0.273. The molecule has 1 saturated heterocycles. The number of likely N-dealkylation sites (tertiary alicyclic amines) is 1. The second-order valence-corrected chi connectivity index (χ2v) is 7.39. The normalized spacial score (nSPS) is 20.5. The molecule has 4 nitrogen and oxygen atoms in total. The van der Waals surface area contributed by atoms with Crippen LogP contribution in [0.5, 0.6) is 0 Å². The van der Waals surface area contributed by atoms with Gasteiger partial charge in [-0.05, 0) is 11.5 Å². The Morgan fingerprint density at radius 3 is 2.31 bits per heavy atom. The molecule has 1 aliphatic heterocycles. The van der Waals surface area contributed by atoms with Gasteiger partial charge in [0, 0.05) is 43.0 Å². The first-order chi connectivity index (χ1) is 12.7. The lowest BCUT2D eigenvalue weighted by molar-refractivity contribution is 0.319. The molecule has 0 radical (unpaired) electrons. The van der Waals surface area contributed by atoms with Crippen LogP contribution in [0.2, 0.25) is 0 Å². The number of nitrogens with zero attached hydrogens (tertiary/aromatic N) is 3. The van der Waals surface area contributed by atoms with Crippen molar-refractivity contribution in [3.8, 4) is 11.3 Å². The van der Waals surface area contributed by atoms with E-state index in [-0.39, 0.29) is 6.04 Å². The molecule has 134 valence electrons. The van der Waals surface area contributed by atoms with Gasteiger partial charge in [-0.25, -0.2) is 0 Å². The molecule has 2 atom stereocenters. The smallest absolute Gasteiger partial charge is 0.0968 e. The van der Waals surface area contributed by atoms with E-state index in [1.54, 1.807) is 0 Å². The van der Waals surface area contributed by atoms with Crippen molar-refractivity contribution in [2.45, 2.75) is 26.1 Å². The van der Waals surface area contributed by atoms with Gasteiger partial charge in [0.1, 0.15) is 0 Å². The quantitative estimate of drug-likeness (QED) is 0.770. The van der Waals surface area contributed by atoms with E-state index in [0.717, 1.165) is 31.9 Å². The van der Waals surface area contributed by atoms with Crippen LogP contribution in [0.3, 0.4) is 0 Å². The van der Waals surface area contributed by atoms with Gasteiger partial charge in [-0.3, -0.25) is 9.58 Å². The third-order valence-corrected chi connectivity index (χ3v) is 5.21. The second kappa shape index (κ2) is 7.44. The summed E-state index contributed by atoms with van der Waals surface area (Å²) in [7, 11) is 0. The zero-order valence-corrected chi connectivity index (χ0v) is 15.3. The predicted molar refractivity (Wildman–Crippen MR) is 106 cm³/mol. The average molecular weight is 346 g/mol. The molecule has 1 aliphatic rings. The van der Waals surface area contributed by atoms with E-state index < -0.39 is 0 Å². The van der Waals surface area contributed by atoms with E-state index in [1.165, 1.54) is 16.7 Å². The molecule has 4 rings (SSSR count). The summed E-state index contributed by atoms with van der Waals surface area (Å²) >= 11 is 0. The van der Waals surface area contributed by atoms with Gasteiger partial charge >= 0.3 is 0 Å². The van der Waals surface area contributed by atoms with Crippen molar-refractivity contribution >= 4 is 0 Å². The molecule has 2 N–H and O–H groups in total. The molecule has 0 amide bonds. The fourth-order valence-electron chi connectivity index (χ4n) is 3.73. The number of aromatic nitrogens is 2. The molecule has 0 spiro atoms. The first kappa shape index (κ1) is 17.0. The topological polar surface area (TPSA) is 47.1 Å². The standard InChI is InChI=1S/C22H26N4/c1-17-12-25(16-21(17)23)14-20-15-26(13-18-8-4-2-5-9-18)24-22(20)19-10-6-3-7-11-19/h2-11,15,17,21H,12-14,16,23H2,1H3. The van der Waals surface area contributed by atoms with Gasteiger partial charge in [-0.15, -0.1) is 0 Å². The number of hydrogen-bond donors (Lipinski definition) is 1. The van der Waals surface area contributed by atoms with Gasteiger partial charge in [-0.2, -0.15) is 5.10 Å². The Hall–Kier alpha value is -2.43. The number of rotatable bonds is 5. The fourth-order valence-corrected chi connectivity index (χ4v) is 3.73. The first-order valence-corrected chi connectivity index (χ1v) is 9.32. The summed E-state index contributed by atoms with van der Waals surface area (Å²) in [5.74, 6) is 0.550. The molecule has 1 fully saturated rings. The Kier molecular flexibility index (Phi) is 4.87. The summed E-state index contributed by atoms with van der Waals surface area (Å²) in [5.41, 5.74) is 11.0. The first-order valence-electron chi connectivity index (χ1n) is 9.32. The molecule has 0 bridgehead atoms. The van der Waals surface area contributed by atoms with Gasteiger partial charge in [0.2, 0.25) is 0 Å². The van der Waals surface area contributed by atoms with Crippen LogP contribution in [0.1, 0.15) is 18.1 Å². The maximum atomic E-state index is 6.22. The maximum Gasteiger partial charge on any atom is 0.0968 e. The number of benzene rings is 2. The molecule has 4 heteroatoms. The highest BCUT2D eigenvalue weighted by Crippen LogP contribution is 2.26. The van der Waals surface area contributed by atoms with Crippen LogP contribution in [0.4, 0.5) is 0 Å². The van der Waals surface area contributed by atoms with Crippen LogP contribution in [0, 0.1) is 5.92 Å². The molecular weight excluding hydrogens is 320 g/mol. The summed E-state index contributed by atoms with van der Waals surface area (Å²) in [6.07, 6.45) is 2.20. The average Bonchev–Trinajstić information content (AvgIpc) is 3.19. The van der Waals surface area contributed by atoms with Crippen LogP contribution >= 0.6 is 0 Å². The highest BCUT2D eigenvalue weighted by atomic mass is 15.3. The molecule has 3 aromatic rings. The largest absolute Gasteiger partial charge is 0.326 e. The van der Waals surface area contributed by atoms with E-state index in [1.807, 2.05) is 12.1 Å². The summed E-state index contributed by atoms with van der Waals surface area (Å²) in [4.78, 5) is 2.45. The molecule has 2 aromatic carbocycles.